The van der Waals surface area contributed by atoms with Crippen molar-refractivity contribution in [3.63, 3.8) is 0 Å². The zero-order valence-electron chi connectivity index (χ0n) is 10.4. The van der Waals surface area contributed by atoms with Gasteiger partial charge < -0.3 is 5.32 Å². The summed E-state index contributed by atoms with van der Waals surface area (Å²) in [6, 6.07) is 6.40. The Hall–Kier alpha value is -0.900. The molecule has 1 atom stereocenters. The highest BCUT2D eigenvalue weighted by atomic mass is 35.5. The van der Waals surface area contributed by atoms with Crippen molar-refractivity contribution in [3.8, 4) is 0 Å². The van der Waals surface area contributed by atoms with Gasteiger partial charge in [0.15, 0.2) is 0 Å². The van der Waals surface area contributed by atoms with Crippen molar-refractivity contribution in [2.75, 3.05) is 6.54 Å². The maximum Gasteiger partial charge on any atom is 0.0561 e. The first kappa shape index (κ1) is 13.5. The van der Waals surface area contributed by atoms with E-state index in [0.717, 1.165) is 24.4 Å². The van der Waals surface area contributed by atoms with Gasteiger partial charge in [-0.25, -0.2) is 0 Å². The van der Waals surface area contributed by atoms with Crippen molar-refractivity contribution in [2.45, 2.75) is 25.8 Å². The molecular formula is C14H17ClN2S. The van der Waals surface area contributed by atoms with Crippen LogP contribution in [0.4, 0.5) is 0 Å². The Bertz CT molecular complexity index is 470. The Balaban J connectivity index is 2.01. The second-order valence-corrected chi connectivity index (χ2v) is 5.50. The highest BCUT2D eigenvalue weighted by molar-refractivity contribution is 7.10. The van der Waals surface area contributed by atoms with Crippen LogP contribution in [0.25, 0.3) is 0 Å². The maximum absolute atomic E-state index is 6.21. The predicted molar refractivity (Wildman–Crippen MR) is 78.3 cm³/mol. The van der Waals surface area contributed by atoms with Crippen LogP contribution < -0.4 is 5.32 Å². The first-order valence-electron chi connectivity index (χ1n) is 6.16. The van der Waals surface area contributed by atoms with Gasteiger partial charge in [-0.1, -0.05) is 24.6 Å². The molecule has 2 aromatic heterocycles. The summed E-state index contributed by atoms with van der Waals surface area (Å²) in [5, 5.41) is 6.42. The summed E-state index contributed by atoms with van der Waals surface area (Å²) in [5.74, 6) is 0. The Labute approximate surface area is 117 Å². The predicted octanol–water partition coefficient (Wildman–Crippen LogP) is 4.08. The molecule has 0 saturated heterocycles. The number of aromatic nitrogens is 1. The number of nitrogens with zero attached hydrogens (tertiary/aromatic N) is 1. The smallest absolute Gasteiger partial charge is 0.0561 e. The third kappa shape index (κ3) is 3.55. The Morgan fingerprint density at radius 3 is 2.94 bits per heavy atom. The fraction of sp³-hybridized carbons (Fsp3) is 0.357. The van der Waals surface area contributed by atoms with Crippen molar-refractivity contribution in [2.24, 2.45) is 0 Å². The van der Waals surface area contributed by atoms with E-state index in [0.29, 0.717) is 6.04 Å². The summed E-state index contributed by atoms with van der Waals surface area (Å²) in [7, 11) is 0. The van der Waals surface area contributed by atoms with Crippen molar-refractivity contribution < 1.29 is 0 Å². The third-order valence-electron chi connectivity index (χ3n) is 2.86. The zero-order chi connectivity index (χ0) is 12.8. The molecule has 4 heteroatoms. The third-order valence-corrected chi connectivity index (χ3v) is 4.33. The first-order valence-corrected chi connectivity index (χ1v) is 7.42. The lowest BCUT2D eigenvalue weighted by molar-refractivity contribution is 0.523. The van der Waals surface area contributed by atoms with Gasteiger partial charge >= 0.3 is 0 Å². The Morgan fingerprint density at radius 2 is 2.33 bits per heavy atom. The largest absolute Gasteiger partial charge is 0.309 e. The quantitative estimate of drug-likeness (QED) is 0.862. The van der Waals surface area contributed by atoms with Crippen LogP contribution in [0.1, 0.15) is 29.8 Å². The minimum Gasteiger partial charge on any atom is -0.309 e. The van der Waals surface area contributed by atoms with Crippen LogP contribution in [0.3, 0.4) is 0 Å². The fourth-order valence-electron chi connectivity index (χ4n) is 1.98. The zero-order valence-corrected chi connectivity index (χ0v) is 12.0. The number of aryl methyl sites for hydroxylation is 1. The molecule has 2 nitrogen and oxygen atoms in total. The molecule has 0 aliphatic rings. The second kappa shape index (κ2) is 6.88. The lowest BCUT2D eigenvalue weighted by Crippen LogP contribution is -2.20. The van der Waals surface area contributed by atoms with Gasteiger partial charge in [-0.15, -0.1) is 11.3 Å². The standard InChI is InChI=1S/C14H17ClN2S/c1-2-17-13(14-12(15)7-9-18-14)6-5-11-4-3-8-16-10-11/h3-4,7-10,13,17H,2,5-6H2,1H3. The molecule has 0 saturated carbocycles. The topological polar surface area (TPSA) is 24.9 Å². The molecule has 2 rings (SSSR count). The van der Waals surface area contributed by atoms with Crippen LogP contribution in [0.2, 0.25) is 5.02 Å². The van der Waals surface area contributed by atoms with Gasteiger partial charge in [0.2, 0.25) is 0 Å². The van der Waals surface area contributed by atoms with Crippen LogP contribution in [-0.2, 0) is 6.42 Å². The van der Waals surface area contributed by atoms with E-state index in [1.807, 2.05) is 23.7 Å². The van der Waals surface area contributed by atoms with Gasteiger partial charge in [0.05, 0.1) is 5.02 Å². The molecule has 18 heavy (non-hydrogen) atoms. The van der Waals surface area contributed by atoms with Crippen LogP contribution in [0, 0.1) is 0 Å². The highest BCUT2D eigenvalue weighted by Crippen LogP contribution is 2.31. The monoisotopic (exact) mass is 280 g/mol. The summed E-state index contributed by atoms with van der Waals surface area (Å²) in [4.78, 5) is 5.38. The van der Waals surface area contributed by atoms with Crippen LogP contribution >= 0.6 is 22.9 Å². The van der Waals surface area contributed by atoms with E-state index in [4.69, 9.17) is 11.6 Å². The van der Waals surface area contributed by atoms with Crippen molar-refractivity contribution >= 4 is 22.9 Å². The van der Waals surface area contributed by atoms with Gasteiger partial charge in [0.1, 0.15) is 0 Å². The molecule has 1 unspecified atom stereocenters. The molecule has 1 N–H and O–H groups in total. The van der Waals surface area contributed by atoms with E-state index in [1.54, 1.807) is 17.5 Å². The molecule has 0 aliphatic carbocycles. The molecule has 0 spiro atoms. The number of pyridine rings is 1. The fourth-order valence-corrected chi connectivity index (χ4v) is 3.28. The summed E-state index contributed by atoms with van der Waals surface area (Å²) >= 11 is 7.93. The number of rotatable bonds is 6. The van der Waals surface area contributed by atoms with E-state index >= 15 is 0 Å². The molecule has 0 fully saturated rings. The average molecular weight is 281 g/mol. The van der Waals surface area contributed by atoms with Gasteiger partial charge in [-0.3, -0.25) is 4.98 Å². The molecule has 0 amide bonds. The van der Waals surface area contributed by atoms with Crippen LogP contribution in [-0.4, -0.2) is 11.5 Å². The van der Waals surface area contributed by atoms with Crippen molar-refractivity contribution in [1.29, 1.82) is 0 Å². The van der Waals surface area contributed by atoms with Gasteiger partial charge in [-0.05, 0) is 42.5 Å². The summed E-state index contributed by atoms with van der Waals surface area (Å²) in [6.45, 7) is 3.07. The normalized spacial score (nSPS) is 12.6. The number of hydrogen-bond donors (Lipinski definition) is 1. The lowest BCUT2D eigenvalue weighted by atomic mass is 10.1. The Kier molecular flexibility index (Phi) is 5.17. The van der Waals surface area contributed by atoms with Gasteiger partial charge in [0.25, 0.3) is 0 Å². The number of halogens is 1. The summed E-state index contributed by atoms with van der Waals surface area (Å²) in [6.07, 6.45) is 5.79. The average Bonchev–Trinajstić information content (AvgIpc) is 2.82. The number of nitrogens with one attached hydrogen (secondary N) is 1. The van der Waals surface area contributed by atoms with Crippen molar-refractivity contribution in [1.82, 2.24) is 10.3 Å². The second-order valence-electron chi connectivity index (χ2n) is 4.14. The molecule has 0 aliphatic heterocycles. The van der Waals surface area contributed by atoms with Crippen LogP contribution in [0.15, 0.2) is 36.0 Å². The molecule has 0 aromatic carbocycles. The van der Waals surface area contributed by atoms with E-state index in [9.17, 15) is 0 Å². The van der Waals surface area contributed by atoms with E-state index in [-0.39, 0.29) is 0 Å². The summed E-state index contributed by atoms with van der Waals surface area (Å²) in [5.41, 5.74) is 1.27. The number of thiophene rings is 1. The van der Waals surface area contributed by atoms with Crippen LogP contribution in [0.5, 0.6) is 0 Å². The molecule has 0 bridgehead atoms. The Morgan fingerprint density at radius 1 is 1.44 bits per heavy atom. The molecule has 96 valence electrons. The number of hydrogen-bond acceptors (Lipinski definition) is 3. The van der Waals surface area contributed by atoms with E-state index < -0.39 is 0 Å². The molecule has 2 aromatic rings. The van der Waals surface area contributed by atoms with Gasteiger partial charge in [0, 0.05) is 23.3 Å². The molecule has 0 radical (unpaired) electrons. The highest BCUT2D eigenvalue weighted by Gasteiger charge is 2.15. The maximum atomic E-state index is 6.21. The SMILES string of the molecule is CCNC(CCc1cccnc1)c1sccc1Cl. The minimum atomic E-state index is 0.336. The summed E-state index contributed by atoms with van der Waals surface area (Å²) < 4.78 is 0. The minimum absolute atomic E-state index is 0.336. The first-order chi connectivity index (χ1) is 8.81. The van der Waals surface area contributed by atoms with Gasteiger partial charge in [-0.2, -0.15) is 0 Å². The van der Waals surface area contributed by atoms with E-state index in [2.05, 4.69) is 23.3 Å². The molecule has 2 heterocycles. The molecular weight excluding hydrogens is 264 g/mol. The van der Waals surface area contributed by atoms with Crippen molar-refractivity contribution in [3.05, 3.63) is 51.4 Å². The van der Waals surface area contributed by atoms with E-state index in [1.165, 1.54) is 10.4 Å². The lowest BCUT2D eigenvalue weighted by Gasteiger charge is -2.17.